The van der Waals surface area contributed by atoms with Gasteiger partial charge in [-0.3, -0.25) is 0 Å². The smallest absolute Gasteiger partial charge is 0.104 e. The minimum atomic E-state index is -0.588. The van der Waals surface area contributed by atoms with Gasteiger partial charge < -0.3 is 10.6 Å². The van der Waals surface area contributed by atoms with Crippen molar-refractivity contribution >= 4 is 0 Å². The van der Waals surface area contributed by atoms with E-state index in [0.29, 0.717) is 0 Å². The van der Waals surface area contributed by atoms with E-state index in [0.717, 1.165) is 37.6 Å². The Balaban J connectivity index is 1.68. The Morgan fingerprint density at radius 2 is 2.00 bits per heavy atom. The first-order valence-electron chi connectivity index (χ1n) is 7.09. The lowest BCUT2D eigenvalue weighted by Crippen LogP contribution is -2.38. The third kappa shape index (κ3) is 3.00. The molecule has 0 radical (unpaired) electrons. The molecule has 1 aliphatic heterocycles. The minimum Gasteiger partial charge on any atom is -0.313 e. The fourth-order valence-corrected chi connectivity index (χ4v) is 3.44. The van der Waals surface area contributed by atoms with Gasteiger partial charge in [0.1, 0.15) is 5.54 Å². The van der Waals surface area contributed by atoms with E-state index >= 15 is 0 Å². The van der Waals surface area contributed by atoms with Crippen molar-refractivity contribution in [2.75, 3.05) is 19.6 Å². The molecule has 1 aliphatic carbocycles. The molecule has 2 aliphatic rings. The van der Waals surface area contributed by atoms with E-state index in [9.17, 15) is 0 Å². The van der Waals surface area contributed by atoms with Crippen LogP contribution in [-0.4, -0.2) is 30.1 Å². The van der Waals surface area contributed by atoms with Gasteiger partial charge in [0.15, 0.2) is 0 Å². The Kier molecular flexibility index (Phi) is 4.06. The predicted octanol–water partition coefficient (Wildman–Crippen LogP) is 2.13. The van der Waals surface area contributed by atoms with Crippen molar-refractivity contribution in [3.05, 3.63) is 0 Å². The van der Waals surface area contributed by atoms with Gasteiger partial charge in [-0.15, -0.1) is 0 Å². The summed E-state index contributed by atoms with van der Waals surface area (Å²) in [5.74, 6) is 1.94. The molecule has 3 heteroatoms. The standard InChI is InChI=1S/C14H25N3/c1-2-14(16,11-15)7-4-8-17-9-12-5-3-6-13(12)10-17/h12-13H,2-10,16H2,1H3. The van der Waals surface area contributed by atoms with Gasteiger partial charge in [-0.25, -0.2) is 0 Å². The Morgan fingerprint density at radius 3 is 2.53 bits per heavy atom. The lowest BCUT2D eigenvalue weighted by molar-refractivity contribution is 0.292. The van der Waals surface area contributed by atoms with Crippen molar-refractivity contribution in [2.24, 2.45) is 17.6 Å². The maximum absolute atomic E-state index is 9.02. The number of nitriles is 1. The summed E-state index contributed by atoms with van der Waals surface area (Å²) in [4.78, 5) is 2.59. The minimum absolute atomic E-state index is 0.588. The van der Waals surface area contributed by atoms with Gasteiger partial charge in [0.25, 0.3) is 0 Å². The summed E-state index contributed by atoms with van der Waals surface area (Å²) in [6, 6.07) is 2.25. The molecule has 3 nitrogen and oxygen atoms in total. The van der Waals surface area contributed by atoms with Crippen LogP contribution in [0.5, 0.6) is 0 Å². The Labute approximate surface area is 105 Å². The van der Waals surface area contributed by atoms with Crippen LogP contribution in [0.3, 0.4) is 0 Å². The second-order valence-corrected chi connectivity index (χ2v) is 5.94. The lowest BCUT2D eigenvalue weighted by Gasteiger charge is -2.22. The molecular formula is C14H25N3. The summed E-state index contributed by atoms with van der Waals surface area (Å²) < 4.78 is 0. The van der Waals surface area contributed by atoms with E-state index in [-0.39, 0.29) is 0 Å². The van der Waals surface area contributed by atoms with Crippen LogP contribution in [0.4, 0.5) is 0 Å². The molecule has 1 saturated carbocycles. The summed E-state index contributed by atoms with van der Waals surface area (Å²) in [5, 5.41) is 9.02. The first kappa shape index (κ1) is 12.9. The zero-order valence-corrected chi connectivity index (χ0v) is 11.0. The van der Waals surface area contributed by atoms with E-state index < -0.39 is 5.54 Å². The van der Waals surface area contributed by atoms with Gasteiger partial charge in [-0.2, -0.15) is 5.26 Å². The Morgan fingerprint density at radius 1 is 1.35 bits per heavy atom. The van der Waals surface area contributed by atoms with Gasteiger partial charge >= 0.3 is 0 Å². The van der Waals surface area contributed by atoms with E-state index in [4.69, 9.17) is 11.0 Å². The number of hydrogen-bond acceptors (Lipinski definition) is 3. The molecule has 17 heavy (non-hydrogen) atoms. The molecule has 2 rings (SSSR count). The van der Waals surface area contributed by atoms with Crippen LogP contribution >= 0.6 is 0 Å². The molecule has 1 saturated heterocycles. The zero-order chi connectivity index (χ0) is 12.3. The Hall–Kier alpha value is -0.590. The molecule has 2 N–H and O–H groups in total. The largest absolute Gasteiger partial charge is 0.313 e. The molecule has 2 fully saturated rings. The van der Waals surface area contributed by atoms with Crippen molar-refractivity contribution in [3.8, 4) is 6.07 Å². The zero-order valence-electron chi connectivity index (χ0n) is 11.0. The number of likely N-dealkylation sites (tertiary alicyclic amines) is 1. The summed E-state index contributed by atoms with van der Waals surface area (Å²) >= 11 is 0. The van der Waals surface area contributed by atoms with Crippen molar-refractivity contribution in [3.63, 3.8) is 0 Å². The second-order valence-electron chi connectivity index (χ2n) is 5.94. The highest BCUT2D eigenvalue weighted by molar-refractivity contribution is 5.03. The molecule has 3 atom stereocenters. The van der Waals surface area contributed by atoms with Crippen molar-refractivity contribution in [1.29, 1.82) is 5.26 Å². The number of nitrogens with two attached hydrogens (primary N) is 1. The average molecular weight is 235 g/mol. The van der Waals surface area contributed by atoms with E-state index in [1.165, 1.54) is 32.4 Å². The third-order valence-corrected chi connectivity index (χ3v) is 4.75. The summed E-state index contributed by atoms with van der Waals surface area (Å²) in [6.45, 7) is 5.72. The molecule has 0 bridgehead atoms. The summed E-state index contributed by atoms with van der Waals surface area (Å²) in [5.41, 5.74) is 5.41. The molecule has 0 aromatic rings. The number of fused-ring (bicyclic) bond motifs is 1. The lowest BCUT2D eigenvalue weighted by atomic mass is 9.93. The number of rotatable bonds is 5. The Bertz CT molecular complexity index is 284. The fraction of sp³-hybridized carbons (Fsp3) is 0.929. The number of hydrogen-bond donors (Lipinski definition) is 1. The highest BCUT2D eigenvalue weighted by Crippen LogP contribution is 2.37. The SMILES string of the molecule is CCC(N)(C#N)CCCN1CC2CCCC2C1. The molecule has 0 aromatic heterocycles. The molecule has 1 heterocycles. The van der Waals surface area contributed by atoms with Crippen molar-refractivity contribution < 1.29 is 0 Å². The van der Waals surface area contributed by atoms with Crippen molar-refractivity contribution in [1.82, 2.24) is 4.90 Å². The van der Waals surface area contributed by atoms with Crippen LogP contribution in [-0.2, 0) is 0 Å². The molecular weight excluding hydrogens is 210 g/mol. The normalized spacial score (nSPS) is 32.1. The molecule has 96 valence electrons. The highest BCUT2D eigenvalue weighted by atomic mass is 15.2. The van der Waals surface area contributed by atoms with Crippen LogP contribution in [0, 0.1) is 23.2 Å². The van der Waals surface area contributed by atoms with Crippen LogP contribution in [0.1, 0.15) is 45.4 Å². The predicted molar refractivity (Wildman–Crippen MR) is 69.3 cm³/mol. The topological polar surface area (TPSA) is 53.1 Å². The van der Waals surface area contributed by atoms with Gasteiger partial charge in [0.2, 0.25) is 0 Å². The molecule has 0 amide bonds. The highest BCUT2D eigenvalue weighted by Gasteiger charge is 2.35. The van der Waals surface area contributed by atoms with Gasteiger partial charge in [0.05, 0.1) is 6.07 Å². The van der Waals surface area contributed by atoms with Crippen molar-refractivity contribution in [2.45, 2.75) is 51.0 Å². The second kappa shape index (κ2) is 5.37. The van der Waals surface area contributed by atoms with Crippen LogP contribution in [0.15, 0.2) is 0 Å². The van der Waals surface area contributed by atoms with E-state index in [1.807, 2.05) is 6.92 Å². The van der Waals surface area contributed by atoms with Crippen LogP contribution in [0.25, 0.3) is 0 Å². The van der Waals surface area contributed by atoms with Gasteiger partial charge in [0, 0.05) is 13.1 Å². The third-order valence-electron chi connectivity index (χ3n) is 4.75. The van der Waals surface area contributed by atoms with Crippen LogP contribution < -0.4 is 5.73 Å². The monoisotopic (exact) mass is 235 g/mol. The quantitative estimate of drug-likeness (QED) is 0.794. The van der Waals surface area contributed by atoms with Gasteiger partial charge in [-0.1, -0.05) is 13.3 Å². The first-order valence-corrected chi connectivity index (χ1v) is 7.09. The maximum atomic E-state index is 9.02. The first-order chi connectivity index (χ1) is 8.17. The summed E-state index contributed by atoms with van der Waals surface area (Å²) in [7, 11) is 0. The average Bonchev–Trinajstić information content (AvgIpc) is 2.89. The molecule has 3 unspecified atom stereocenters. The van der Waals surface area contributed by atoms with Crippen LogP contribution in [0.2, 0.25) is 0 Å². The molecule has 0 spiro atoms. The van der Waals surface area contributed by atoms with E-state index in [1.54, 1.807) is 0 Å². The van der Waals surface area contributed by atoms with E-state index in [2.05, 4.69) is 11.0 Å². The fourth-order valence-electron chi connectivity index (χ4n) is 3.44. The summed E-state index contributed by atoms with van der Waals surface area (Å²) in [6.07, 6.45) is 6.99. The van der Waals surface area contributed by atoms with Gasteiger partial charge in [-0.05, 0) is 50.5 Å². The molecule has 0 aromatic carbocycles. The number of nitrogens with zero attached hydrogens (tertiary/aromatic N) is 2. The maximum Gasteiger partial charge on any atom is 0.104 e.